The molecule has 6 heteroatoms. The molecule has 0 unspecified atom stereocenters. The van der Waals surface area contributed by atoms with Gasteiger partial charge < -0.3 is 16.0 Å². The van der Waals surface area contributed by atoms with Crippen LogP contribution in [0.1, 0.15) is 19.4 Å². The lowest BCUT2D eigenvalue weighted by Gasteiger charge is -2.11. The molecule has 2 heterocycles. The van der Waals surface area contributed by atoms with Crippen LogP contribution in [-0.4, -0.2) is 16.5 Å². The van der Waals surface area contributed by atoms with Crippen molar-refractivity contribution in [2.75, 3.05) is 22.5 Å². The second-order valence-corrected chi connectivity index (χ2v) is 6.36. The molecule has 3 aromatic rings. The Balaban J connectivity index is 0.00000196. The maximum atomic E-state index is 6.25. The van der Waals surface area contributed by atoms with Crippen molar-refractivity contribution in [1.82, 2.24) is 9.97 Å². The lowest BCUT2D eigenvalue weighted by molar-refractivity contribution is 0.863. The van der Waals surface area contributed by atoms with Crippen molar-refractivity contribution in [2.45, 2.75) is 20.3 Å². The molecule has 0 radical (unpaired) electrons. The Morgan fingerprint density at radius 1 is 0.923 bits per heavy atom. The van der Waals surface area contributed by atoms with Gasteiger partial charge in [0.05, 0.1) is 6.20 Å². The number of nitrogens with one attached hydrogen (secondary N) is 3. The fourth-order valence-electron chi connectivity index (χ4n) is 2.82. The number of aromatic nitrogens is 2. The number of nitrogens with zero attached hydrogens (tertiary/aromatic N) is 2. The summed E-state index contributed by atoms with van der Waals surface area (Å²) < 4.78 is 0. The monoisotopic (exact) mass is 367 g/mol. The van der Waals surface area contributed by atoms with Gasteiger partial charge in [-0.2, -0.15) is 4.98 Å². The molecule has 0 atom stereocenters. The standard InChI is InChI=1S/C19H18ClN5.CH4/c20-17-12-22-19-24-15-7-1-4-13(10-15)5-3-9-21-14-6-2-8-16(11-14)23-18(17)25-19;/h1-2,4,6-8,10-12,21H,3,5,9H2,(H2,22,23,24,25);1H4. The summed E-state index contributed by atoms with van der Waals surface area (Å²) in [4.78, 5) is 8.78. The molecule has 1 aliphatic rings. The summed E-state index contributed by atoms with van der Waals surface area (Å²) in [5.74, 6) is 1.08. The van der Waals surface area contributed by atoms with Crippen molar-refractivity contribution in [3.63, 3.8) is 0 Å². The molecule has 0 aliphatic carbocycles. The largest absolute Gasteiger partial charge is 0.385 e. The van der Waals surface area contributed by atoms with Crippen molar-refractivity contribution in [2.24, 2.45) is 0 Å². The molecule has 0 saturated heterocycles. The SMILES string of the molecule is C.Clc1cnc2nc1Nc1cccc(c1)NCCCc1cccc(c1)N2. The molecule has 3 N–H and O–H groups in total. The highest BCUT2D eigenvalue weighted by atomic mass is 35.5. The Labute approximate surface area is 158 Å². The highest BCUT2D eigenvalue weighted by Crippen LogP contribution is 2.26. The van der Waals surface area contributed by atoms with E-state index in [-0.39, 0.29) is 7.43 Å². The number of fused-ring (bicyclic) bond motifs is 6. The van der Waals surface area contributed by atoms with Crippen LogP contribution < -0.4 is 16.0 Å². The number of aryl methyl sites for hydroxylation is 1. The molecule has 2 aromatic carbocycles. The molecule has 4 rings (SSSR count). The third-order valence-electron chi connectivity index (χ3n) is 4.02. The van der Waals surface area contributed by atoms with E-state index in [4.69, 9.17) is 11.6 Å². The summed E-state index contributed by atoms with van der Waals surface area (Å²) in [6.45, 7) is 0.912. The zero-order valence-electron chi connectivity index (χ0n) is 13.6. The van der Waals surface area contributed by atoms with Crippen molar-refractivity contribution in [3.05, 3.63) is 65.3 Å². The summed E-state index contributed by atoms with van der Waals surface area (Å²) in [6, 6.07) is 16.4. The summed E-state index contributed by atoms with van der Waals surface area (Å²) >= 11 is 6.25. The molecule has 1 aromatic heterocycles. The van der Waals surface area contributed by atoms with Crippen molar-refractivity contribution >= 4 is 40.4 Å². The van der Waals surface area contributed by atoms with Crippen LogP contribution in [0.5, 0.6) is 0 Å². The number of hydrogen-bond donors (Lipinski definition) is 3. The van der Waals surface area contributed by atoms with E-state index < -0.39 is 0 Å². The van der Waals surface area contributed by atoms with Gasteiger partial charge in [-0.25, -0.2) is 4.98 Å². The summed E-state index contributed by atoms with van der Waals surface area (Å²) in [7, 11) is 0. The van der Waals surface area contributed by atoms with Gasteiger partial charge in [0.15, 0.2) is 5.82 Å². The summed E-state index contributed by atoms with van der Waals surface area (Å²) in [6.07, 6.45) is 3.66. The first-order chi connectivity index (χ1) is 12.3. The van der Waals surface area contributed by atoms with Gasteiger partial charge >= 0.3 is 0 Å². The second-order valence-electron chi connectivity index (χ2n) is 5.95. The van der Waals surface area contributed by atoms with Crippen molar-refractivity contribution in [3.8, 4) is 0 Å². The highest BCUT2D eigenvalue weighted by Gasteiger charge is 2.08. The normalized spacial score (nSPS) is 13.0. The predicted molar refractivity (Wildman–Crippen MR) is 110 cm³/mol. The summed E-state index contributed by atoms with van der Waals surface area (Å²) in [5.41, 5.74) is 4.24. The zero-order valence-corrected chi connectivity index (χ0v) is 14.3. The van der Waals surface area contributed by atoms with E-state index in [1.165, 1.54) is 5.56 Å². The minimum atomic E-state index is 0. The van der Waals surface area contributed by atoms with Gasteiger partial charge in [0.2, 0.25) is 5.95 Å². The summed E-state index contributed by atoms with van der Waals surface area (Å²) in [5, 5.41) is 10.5. The van der Waals surface area contributed by atoms with Crippen LogP contribution in [0.25, 0.3) is 0 Å². The van der Waals surface area contributed by atoms with E-state index >= 15 is 0 Å². The third kappa shape index (κ3) is 4.24. The Morgan fingerprint density at radius 2 is 1.69 bits per heavy atom. The molecule has 0 amide bonds. The molecule has 0 fully saturated rings. The van der Waals surface area contributed by atoms with Crippen molar-refractivity contribution in [1.29, 1.82) is 0 Å². The van der Waals surface area contributed by atoms with Crippen LogP contribution in [0.4, 0.5) is 28.8 Å². The number of anilines is 5. The Hall–Kier alpha value is -2.79. The first-order valence-corrected chi connectivity index (χ1v) is 8.63. The average molecular weight is 368 g/mol. The zero-order chi connectivity index (χ0) is 17.1. The van der Waals surface area contributed by atoms with Crippen LogP contribution in [0, 0.1) is 0 Å². The third-order valence-corrected chi connectivity index (χ3v) is 4.30. The van der Waals surface area contributed by atoms with Gasteiger partial charge in [0.1, 0.15) is 5.02 Å². The van der Waals surface area contributed by atoms with Gasteiger partial charge in [-0.1, -0.05) is 37.2 Å². The number of hydrogen-bond acceptors (Lipinski definition) is 5. The predicted octanol–water partition coefficient (Wildman–Crippen LogP) is 5.61. The Kier molecular flexibility index (Phi) is 5.58. The first kappa shape index (κ1) is 18.0. The van der Waals surface area contributed by atoms with Crippen molar-refractivity contribution < 1.29 is 0 Å². The molecule has 26 heavy (non-hydrogen) atoms. The maximum absolute atomic E-state index is 6.25. The fourth-order valence-corrected chi connectivity index (χ4v) is 2.96. The first-order valence-electron chi connectivity index (χ1n) is 8.26. The average Bonchev–Trinajstić information content (AvgIpc) is 2.62. The van der Waals surface area contributed by atoms with E-state index in [1.54, 1.807) is 6.20 Å². The number of benzene rings is 2. The van der Waals surface area contributed by atoms with E-state index in [0.717, 1.165) is 36.4 Å². The molecule has 1 aliphatic heterocycles. The van der Waals surface area contributed by atoms with Gasteiger partial charge in [0.25, 0.3) is 0 Å². The van der Waals surface area contributed by atoms with E-state index in [9.17, 15) is 0 Å². The topological polar surface area (TPSA) is 61.9 Å². The van der Waals surface area contributed by atoms with Gasteiger partial charge in [-0.15, -0.1) is 0 Å². The smallest absolute Gasteiger partial charge is 0.229 e. The molecule has 0 spiro atoms. The van der Waals surface area contributed by atoms with Crippen LogP contribution in [0.3, 0.4) is 0 Å². The molecule has 5 nitrogen and oxygen atoms in total. The highest BCUT2D eigenvalue weighted by molar-refractivity contribution is 6.32. The fraction of sp³-hybridized carbons (Fsp3) is 0.200. The lowest BCUT2D eigenvalue weighted by Crippen LogP contribution is -2.03. The Bertz CT molecular complexity index is 897. The van der Waals surface area contributed by atoms with E-state index in [2.05, 4.69) is 44.1 Å². The van der Waals surface area contributed by atoms with Crippen LogP contribution in [0.2, 0.25) is 5.02 Å². The van der Waals surface area contributed by atoms with E-state index in [0.29, 0.717) is 16.8 Å². The van der Waals surface area contributed by atoms with E-state index in [1.807, 2.05) is 30.3 Å². The lowest BCUT2D eigenvalue weighted by atomic mass is 10.1. The quantitative estimate of drug-likeness (QED) is 0.482. The van der Waals surface area contributed by atoms with Gasteiger partial charge in [0, 0.05) is 23.6 Å². The maximum Gasteiger partial charge on any atom is 0.229 e. The Morgan fingerprint density at radius 3 is 2.58 bits per heavy atom. The minimum Gasteiger partial charge on any atom is -0.385 e. The minimum absolute atomic E-state index is 0. The second kappa shape index (κ2) is 8.06. The van der Waals surface area contributed by atoms with Gasteiger partial charge in [-0.05, 0) is 48.7 Å². The van der Waals surface area contributed by atoms with Gasteiger partial charge in [-0.3, -0.25) is 0 Å². The number of rotatable bonds is 0. The molecular weight excluding hydrogens is 346 g/mol. The molecule has 134 valence electrons. The molecule has 0 saturated carbocycles. The van der Waals surface area contributed by atoms with Crippen LogP contribution in [-0.2, 0) is 6.42 Å². The molecule has 6 bridgehead atoms. The van der Waals surface area contributed by atoms with Crippen LogP contribution in [0.15, 0.2) is 54.7 Å². The molecular formula is C20H22ClN5. The number of halogens is 1. The van der Waals surface area contributed by atoms with Crippen LogP contribution >= 0.6 is 11.6 Å².